The molecule has 1 aliphatic rings. The number of hydrogen-bond acceptors (Lipinski definition) is 5. The number of carbonyl (C=O) groups is 3. The van der Waals surface area contributed by atoms with Crippen LogP contribution in [-0.4, -0.2) is 48.5 Å². The zero-order valence-electron chi connectivity index (χ0n) is 16.3. The molecule has 4 N–H and O–H groups in total. The summed E-state index contributed by atoms with van der Waals surface area (Å²) in [5.41, 5.74) is 5.06. The van der Waals surface area contributed by atoms with E-state index in [4.69, 9.17) is 10.5 Å². The molecule has 8 heteroatoms. The first-order valence-corrected chi connectivity index (χ1v) is 9.03. The van der Waals surface area contributed by atoms with Gasteiger partial charge in [0.1, 0.15) is 17.8 Å². The molecule has 0 bridgehead atoms. The summed E-state index contributed by atoms with van der Waals surface area (Å²) in [5.74, 6) is -0.250. The first kappa shape index (κ1) is 20.7. The maximum atomic E-state index is 12.8. The lowest BCUT2D eigenvalue weighted by molar-refractivity contribution is -0.134. The normalized spacial score (nSPS) is 19.8. The van der Waals surface area contributed by atoms with Gasteiger partial charge in [-0.05, 0) is 37.5 Å². The van der Waals surface area contributed by atoms with Crippen LogP contribution in [0.1, 0.15) is 39.2 Å². The standard InChI is InChI=1S/C19H28N4O4/c1-5-19(20,6-2)12-21-15(24)11-23-16(25)18(3,22-17(23)26)13-7-9-14(27-4)10-8-13/h7-10H,5-6,11-12,20H2,1-4H3,(H,21,24)(H,22,26). The molecule has 4 amide bonds. The fraction of sp³-hybridized carbons (Fsp3) is 0.526. The quantitative estimate of drug-likeness (QED) is 0.588. The number of nitrogens with zero attached hydrogens (tertiary/aromatic N) is 1. The summed E-state index contributed by atoms with van der Waals surface area (Å²) in [6, 6.07) is 6.26. The SMILES string of the molecule is CCC(N)(CC)CNC(=O)CN1C(=O)NC(C)(c2ccc(OC)cc2)C1=O. The van der Waals surface area contributed by atoms with Crippen molar-refractivity contribution in [2.45, 2.75) is 44.7 Å². The Morgan fingerprint density at radius 2 is 1.85 bits per heavy atom. The number of benzene rings is 1. The Balaban J connectivity index is 2.07. The van der Waals surface area contributed by atoms with Crippen LogP contribution in [0, 0.1) is 0 Å². The number of amides is 4. The summed E-state index contributed by atoms with van der Waals surface area (Å²) >= 11 is 0. The number of methoxy groups -OCH3 is 1. The van der Waals surface area contributed by atoms with Crippen molar-refractivity contribution in [1.29, 1.82) is 0 Å². The van der Waals surface area contributed by atoms with Crippen LogP contribution in [0.3, 0.4) is 0 Å². The molecule has 1 fully saturated rings. The average Bonchev–Trinajstić information content (AvgIpc) is 2.90. The molecule has 1 aliphatic heterocycles. The van der Waals surface area contributed by atoms with E-state index in [1.165, 1.54) is 0 Å². The molecule has 27 heavy (non-hydrogen) atoms. The van der Waals surface area contributed by atoms with Crippen molar-refractivity contribution in [2.24, 2.45) is 5.73 Å². The third-order valence-corrected chi connectivity index (χ3v) is 5.29. The van der Waals surface area contributed by atoms with Crippen molar-refractivity contribution < 1.29 is 19.1 Å². The lowest BCUT2D eigenvalue weighted by Crippen LogP contribution is -2.51. The van der Waals surface area contributed by atoms with Gasteiger partial charge < -0.3 is 21.1 Å². The van der Waals surface area contributed by atoms with Crippen molar-refractivity contribution in [3.63, 3.8) is 0 Å². The van der Waals surface area contributed by atoms with Gasteiger partial charge in [0.05, 0.1) is 7.11 Å². The number of rotatable bonds is 8. The summed E-state index contributed by atoms with van der Waals surface area (Å²) in [4.78, 5) is 38.3. The number of nitrogens with one attached hydrogen (secondary N) is 2. The first-order valence-electron chi connectivity index (χ1n) is 9.03. The Morgan fingerprint density at radius 1 is 1.26 bits per heavy atom. The van der Waals surface area contributed by atoms with Crippen molar-refractivity contribution in [1.82, 2.24) is 15.5 Å². The van der Waals surface area contributed by atoms with E-state index in [1.807, 2.05) is 13.8 Å². The Labute approximate surface area is 159 Å². The number of imide groups is 1. The third-order valence-electron chi connectivity index (χ3n) is 5.29. The molecule has 0 aromatic heterocycles. The van der Waals surface area contributed by atoms with E-state index in [0.29, 0.717) is 24.2 Å². The molecule has 0 saturated carbocycles. The fourth-order valence-corrected chi connectivity index (χ4v) is 2.93. The lowest BCUT2D eigenvalue weighted by Gasteiger charge is -2.27. The van der Waals surface area contributed by atoms with Crippen molar-refractivity contribution in [2.75, 3.05) is 20.2 Å². The second-order valence-electron chi connectivity index (χ2n) is 7.02. The van der Waals surface area contributed by atoms with E-state index in [1.54, 1.807) is 38.3 Å². The highest BCUT2D eigenvalue weighted by molar-refractivity contribution is 6.09. The smallest absolute Gasteiger partial charge is 0.325 e. The maximum absolute atomic E-state index is 12.8. The largest absolute Gasteiger partial charge is 0.497 e. The van der Waals surface area contributed by atoms with E-state index in [2.05, 4.69) is 10.6 Å². The average molecular weight is 376 g/mol. The highest BCUT2D eigenvalue weighted by atomic mass is 16.5. The van der Waals surface area contributed by atoms with Gasteiger partial charge in [-0.2, -0.15) is 0 Å². The predicted molar refractivity (Wildman–Crippen MR) is 101 cm³/mol. The van der Waals surface area contributed by atoms with Crippen LogP contribution in [0.25, 0.3) is 0 Å². The van der Waals surface area contributed by atoms with Crippen LogP contribution in [0.15, 0.2) is 24.3 Å². The second-order valence-corrected chi connectivity index (χ2v) is 7.02. The van der Waals surface area contributed by atoms with Gasteiger partial charge in [-0.25, -0.2) is 4.79 Å². The van der Waals surface area contributed by atoms with E-state index < -0.39 is 28.9 Å². The van der Waals surface area contributed by atoms with Crippen LogP contribution in [0.2, 0.25) is 0 Å². The van der Waals surface area contributed by atoms with Crippen LogP contribution in [0.4, 0.5) is 4.79 Å². The lowest BCUT2D eigenvalue weighted by atomic mass is 9.92. The topological polar surface area (TPSA) is 114 Å². The Kier molecular flexibility index (Phi) is 6.10. The van der Waals surface area contributed by atoms with Crippen LogP contribution in [-0.2, 0) is 15.1 Å². The predicted octanol–water partition coefficient (Wildman–Crippen LogP) is 1.10. The van der Waals surface area contributed by atoms with Crippen molar-refractivity contribution >= 4 is 17.8 Å². The summed E-state index contributed by atoms with van der Waals surface area (Å²) < 4.78 is 5.11. The zero-order valence-corrected chi connectivity index (χ0v) is 16.3. The fourth-order valence-electron chi connectivity index (χ4n) is 2.93. The Hall–Kier alpha value is -2.61. The van der Waals surface area contributed by atoms with Crippen LogP contribution in [0.5, 0.6) is 5.75 Å². The van der Waals surface area contributed by atoms with E-state index in [0.717, 1.165) is 4.90 Å². The molecule has 0 radical (unpaired) electrons. The second kappa shape index (κ2) is 7.96. The summed E-state index contributed by atoms with van der Waals surface area (Å²) in [6.45, 7) is 5.46. The van der Waals surface area contributed by atoms with Gasteiger partial charge in [-0.15, -0.1) is 0 Å². The molecule has 1 aromatic rings. The number of nitrogens with two attached hydrogens (primary N) is 1. The zero-order chi connectivity index (χ0) is 20.2. The van der Waals surface area contributed by atoms with E-state index in [-0.39, 0.29) is 13.1 Å². The maximum Gasteiger partial charge on any atom is 0.325 e. The molecule has 148 valence electrons. The van der Waals surface area contributed by atoms with Crippen LogP contribution < -0.4 is 21.1 Å². The molecule has 0 aliphatic carbocycles. The molecular weight excluding hydrogens is 348 g/mol. The number of carbonyl (C=O) groups excluding carboxylic acids is 3. The number of ether oxygens (including phenoxy) is 1. The molecular formula is C19H28N4O4. The van der Waals surface area contributed by atoms with Crippen LogP contribution >= 0.6 is 0 Å². The third kappa shape index (κ3) is 4.21. The van der Waals surface area contributed by atoms with Gasteiger partial charge >= 0.3 is 6.03 Å². The minimum absolute atomic E-state index is 0.290. The first-order chi connectivity index (χ1) is 12.7. The van der Waals surface area contributed by atoms with E-state index >= 15 is 0 Å². The highest BCUT2D eigenvalue weighted by Crippen LogP contribution is 2.29. The molecule has 2 rings (SSSR count). The molecule has 1 atom stereocenters. The minimum atomic E-state index is -1.23. The monoisotopic (exact) mass is 376 g/mol. The van der Waals surface area contributed by atoms with Gasteiger partial charge in [0.2, 0.25) is 5.91 Å². The van der Waals surface area contributed by atoms with Crippen molar-refractivity contribution in [3.8, 4) is 5.75 Å². The number of hydrogen-bond donors (Lipinski definition) is 3. The number of urea groups is 1. The summed E-state index contributed by atoms with van der Waals surface area (Å²) in [6.07, 6.45) is 1.42. The summed E-state index contributed by atoms with van der Waals surface area (Å²) in [7, 11) is 1.55. The molecule has 1 heterocycles. The molecule has 1 unspecified atom stereocenters. The molecule has 1 aromatic carbocycles. The van der Waals surface area contributed by atoms with Gasteiger partial charge in [0.15, 0.2) is 0 Å². The Bertz CT molecular complexity index is 715. The van der Waals surface area contributed by atoms with Gasteiger partial charge in [-0.1, -0.05) is 26.0 Å². The van der Waals surface area contributed by atoms with E-state index in [9.17, 15) is 14.4 Å². The van der Waals surface area contributed by atoms with Gasteiger partial charge in [-0.3, -0.25) is 14.5 Å². The highest BCUT2D eigenvalue weighted by Gasteiger charge is 2.49. The van der Waals surface area contributed by atoms with Crippen molar-refractivity contribution in [3.05, 3.63) is 29.8 Å². The van der Waals surface area contributed by atoms with Gasteiger partial charge in [0.25, 0.3) is 5.91 Å². The Morgan fingerprint density at radius 3 is 2.37 bits per heavy atom. The molecule has 1 saturated heterocycles. The molecule has 0 spiro atoms. The minimum Gasteiger partial charge on any atom is -0.497 e. The van der Waals surface area contributed by atoms with Gasteiger partial charge in [0, 0.05) is 12.1 Å². The summed E-state index contributed by atoms with van der Waals surface area (Å²) in [5, 5.41) is 5.40. The molecule has 8 nitrogen and oxygen atoms in total.